The lowest BCUT2D eigenvalue weighted by Gasteiger charge is -2.18. The number of anilines is 3. The Morgan fingerprint density at radius 3 is 2.21 bits per heavy atom. The number of hydrogen-bond acceptors (Lipinski definition) is 6. The SMILES string of the molecule is CNc1cc(C(=O)OC)ccc1/C(C=O)=C(/Nc1ccc(N(C)C=O)cc1)c1ccccc1. The molecule has 0 saturated heterocycles. The van der Waals surface area contributed by atoms with Gasteiger partial charge in [-0.25, -0.2) is 4.79 Å². The maximum Gasteiger partial charge on any atom is 0.337 e. The van der Waals surface area contributed by atoms with E-state index in [1.54, 1.807) is 32.3 Å². The summed E-state index contributed by atoms with van der Waals surface area (Å²) in [5.74, 6) is -0.462. The Morgan fingerprint density at radius 1 is 0.939 bits per heavy atom. The molecule has 0 spiro atoms. The minimum Gasteiger partial charge on any atom is -0.465 e. The van der Waals surface area contributed by atoms with Crippen molar-refractivity contribution in [3.8, 4) is 0 Å². The van der Waals surface area contributed by atoms with Crippen molar-refractivity contribution < 1.29 is 19.1 Å². The van der Waals surface area contributed by atoms with Crippen LogP contribution < -0.4 is 15.5 Å². The monoisotopic (exact) mass is 443 g/mol. The highest BCUT2D eigenvalue weighted by molar-refractivity contribution is 6.20. The van der Waals surface area contributed by atoms with E-state index in [2.05, 4.69) is 10.6 Å². The van der Waals surface area contributed by atoms with Crippen LogP contribution in [0.4, 0.5) is 17.1 Å². The molecule has 0 aliphatic rings. The number of esters is 1. The third-order valence-electron chi connectivity index (χ3n) is 5.15. The van der Waals surface area contributed by atoms with E-state index in [-0.39, 0.29) is 0 Å². The molecular formula is C26H25N3O4. The molecule has 2 N–H and O–H groups in total. The van der Waals surface area contributed by atoms with Gasteiger partial charge in [0.1, 0.15) is 0 Å². The van der Waals surface area contributed by atoms with Crippen LogP contribution in [0.25, 0.3) is 11.3 Å². The number of rotatable bonds is 9. The highest BCUT2D eigenvalue weighted by Gasteiger charge is 2.17. The van der Waals surface area contributed by atoms with Gasteiger partial charge in [0.2, 0.25) is 6.41 Å². The number of allylic oxidation sites excluding steroid dienone is 1. The third kappa shape index (κ3) is 5.27. The molecule has 0 saturated carbocycles. The molecule has 7 nitrogen and oxygen atoms in total. The van der Waals surface area contributed by atoms with Gasteiger partial charge >= 0.3 is 5.97 Å². The Hall–Kier alpha value is -4.39. The molecule has 7 heteroatoms. The fourth-order valence-electron chi connectivity index (χ4n) is 3.37. The predicted molar refractivity (Wildman–Crippen MR) is 131 cm³/mol. The van der Waals surface area contributed by atoms with Gasteiger partial charge in [0.25, 0.3) is 0 Å². The Morgan fingerprint density at radius 2 is 1.64 bits per heavy atom. The van der Waals surface area contributed by atoms with E-state index < -0.39 is 5.97 Å². The minimum atomic E-state index is -0.462. The van der Waals surface area contributed by atoms with Crippen LogP contribution in [0.1, 0.15) is 21.5 Å². The van der Waals surface area contributed by atoms with Gasteiger partial charge in [-0.3, -0.25) is 9.59 Å². The van der Waals surface area contributed by atoms with E-state index in [0.717, 1.165) is 29.6 Å². The summed E-state index contributed by atoms with van der Waals surface area (Å²) in [4.78, 5) is 36.8. The molecule has 0 heterocycles. The largest absolute Gasteiger partial charge is 0.465 e. The van der Waals surface area contributed by atoms with Crippen LogP contribution in [0, 0.1) is 0 Å². The van der Waals surface area contributed by atoms with E-state index in [1.807, 2.05) is 54.6 Å². The summed E-state index contributed by atoms with van der Waals surface area (Å²) in [6, 6.07) is 21.8. The molecule has 0 aromatic heterocycles. The maximum atomic E-state index is 12.4. The number of amides is 1. The van der Waals surface area contributed by atoms with Crippen molar-refractivity contribution in [2.24, 2.45) is 0 Å². The van der Waals surface area contributed by atoms with Gasteiger partial charge in [-0.15, -0.1) is 0 Å². The molecule has 3 aromatic carbocycles. The number of benzene rings is 3. The average Bonchev–Trinajstić information content (AvgIpc) is 2.88. The fraction of sp³-hybridized carbons (Fsp3) is 0.115. The first-order valence-electron chi connectivity index (χ1n) is 10.2. The van der Waals surface area contributed by atoms with Crippen molar-refractivity contribution in [2.45, 2.75) is 0 Å². The zero-order valence-corrected chi connectivity index (χ0v) is 18.7. The van der Waals surface area contributed by atoms with E-state index in [0.29, 0.717) is 28.1 Å². The van der Waals surface area contributed by atoms with E-state index in [4.69, 9.17) is 4.74 Å². The topological polar surface area (TPSA) is 87.7 Å². The van der Waals surface area contributed by atoms with Crippen LogP contribution in [0.2, 0.25) is 0 Å². The second-order valence-electron chi connectivity index (χ2n) is 7.16. The van der Waals surface area contributed by atoms with Gasteiger partial charge < -0.3 is 20.3 Å². The van der Waals surface area contributed by atoms with Crippen molar-refractivity contribution >= 4 is 47.0 Å². The zero-order chi connectivity index (χ0) is 23.8. The lowest BCUT2D eigenvalue weighted by molar-refractivity contribution is -0.107. The number of carbonyl (C=O) groups excluding carboxylic acids is 3. The molecule has 3 rings (SSSR count). The van der Waals surface area contributed by atoms with Crippen LogP contribution in [-0.2, 0) is 14.3 Å². The van der Waals surface area contributed by atoms with E-state index in [9.17, 15) is 14.4 Å². The summed E-state index contributed by atoms with van der Waals surface area (Å²) in [7, 11) is 4.72. The lowest BCUT2D eigenvalue weighted by atomic mass is 9.97. The number of carbonyl (C=O) groups is 3. The van der Waals surface area contributed by atoms with Crippen LogP contribution in [0.15, 0.2) is 72.8 Å². The standard InChI is InChI=1S/C26H25N3O4/c1-27-24-15-19(26(32)33-3)9-14-22(24)23(16-30)25(18-7-5-4-6-8-18)28-20-10-12-21(13-11-20)29(2)17-31/h4-17,27-28H,1-3H3/b25-23+. The van der Waals surface area contributed by atoms with Crippen LogP contribution in [0.3, 0.4) is 0 Å². The molecule has 168 valence electrons. The molecule has 0 radical (unpaired) electrons. The summed E-state index contributed by atoms with van der Waals surface area (Å²) in [6.07, 6.45) is 1.53. The van der Waals surface area contributed by atoms with Crippen molar-refractivity contribution in [1.82, 2.24) is 0 Å². The van der Waals surface area contributed by atoms with Gasteiger partial charge in [0.15, 0.2) is 6.29 Å². The molecule has 3 aromatic rings. The predicted octanol–water partition coefficient (Wildman–Crippen LogP) is 4.29. The first-order chi connectivity index (χ1) is 16.0. The average molecular weight is 444 g/mol. The second-order valence-corrected chi connectivity index (χ2v) is 7.16. The van der Waals surface area contributed by atoms with E-state index >= 15 is 0 Å². The minimum absolute atomic E-state index is 0.375. The second kappa shape index (κ2) is 10.8. The zero-order valence-electron chi connectivity index (χ0n) is 18.7. The van der Waals surface area contributed by atoms with Gasteiger partial charge in [-0.2, -0.15) is 0 Å². The van der Waals surface area contributed by atoms with Crippen LogP contribution >= 0.6 is 0 Å². The van der Waals surface area contributed by atoms with Crippen LogP contribution in [-0.4, -0.2) is 39.9 Å². The highest BCUT2D eigenvalue weighted by Crippen LogP contribution is 2.32. The van der Waals surface area contributed by atoms with Crippen molar-refractivity contribution in [3.63, 3.8) is 0 Å². The fourth-order valence-corrected chi connectivity index (χ4v) is 3.37. The van der Waals surface area contributed by atoms with E-state index in [1.165, 1.54) is 12.0 Å². The number of nitrogens with zero attached hydrogens (tertiary/aromatic N) is 1. The molecule has 33 heavy (non-hydrogen) atoms. The van der Waals surface area contributed by atoms with Gasteiger partial charge in [0, 0.05) is 42.3 Å². The normalized spacial score (nSPS) is 11.1. The quantitative estimate of drug-likeness (QED) is 0.222. The Bertz CT molecular complexity index is 1170. The first kappa shape index (κ1) is 23.3. The molecular weight excluding hydrogens is 418 g/mol. The number of hydrogen-bond donors (Lipinski definition) is 2. The van der Waals surface area contributed by atoms with Gasteiger partial charge in [-0.1, -0.05) is 36.4 Å². The number of nitrogens with one attached hydrogen (secondary N) is 2. The summed E-state index contributed by atoms with van der Waals surface area (Å²) in [6.45, 7) is 0. The maximum absolute atomic E-state index is 12.4. The summed E-state index contributed by atoms with van der Waals surface area (Å²) >= 11 is 0. The highest BCUT2D eigenvalue weighted by atomic mass is 16.5. The van der Waals surface area contributed by atoms with Crippen molar-refractivity contribution in [3.05, 3.63) is 89.5 Å². The van der Waals surface area contributed by atoms with Gasteiger partial charge in [-0.05, 0) is 42.0 Å². The first-order valence-corrected chi connectivity index (χ1v) is 10.2. The molecule has 0 aliphatic carbocycles. The Balaban J connectivity index is 2.14. The Kier molecular flexibility index (Phi) is 7.60. The van der Waals surface area contributed by atoms with Gasteiger partial charge in [0.05, 0.1) is 18.4 Å². The summed E-state index contributed by atoms with van der Waals surface area (Å²) in [5, 5.41) is 6.41. The van der Waals surface area contributed by atoms with Crippen LogP contribution in [0.5, 0.6) is 0 Å². The van der Waals surface area contributed by atoms with Crippen molar-refractivity contribution in [2.75, 3.05) is 36.7 Å². The summed E-state index contributed by atoms with van der Waals surface area (Å²) in [5.41, 5.74) is 4.93. The molecule has 0 unspecified atom stereocenters. The number of aldehydes is 1. The molecule has 0 aliphatic heterocycles. The Labute approximate surface area is 192 Å². The molecule has 0 fully saturated rings. The van der Waals surface area contributed by atoms with Crippen molar-refractivity contribution in [1.29, 1.82) is 0 Å². The molecule has 0 atom stereocenters. The third-order valence-corrected chi connectivity index (χ3v) is 5.15. The number of ether oxygens (including phenoxy) is 1. The molecule has 0 bridgehead atoms. The number of methoxy groups -OCH3 is 1. The molecule has 1 amide bonds. The summed E-state index contributed by atoms with van der Waals surface area (Å²) < 4.78 is 4.81. The lowest BCUT2D eigenvalue weighted by Crippen LogP contribution is -2.13. The smallest absolute Gasteiger partial charge is 0.337 e.